The minimum atomic E-state index is -0.249. The van der Waals surface area contributed by atoms with Gasteiger partial charge in [0.2, 0.25) is 0 Å². The molecule has 2 atom stereocenters. The largest absolute Gasteiger partial charge is 0.392 e. The second-order valence-electron chi connectivity index (χ2n) is 4.67. The Morgan fingerprint density at radius 1 is 1.41 bits per heavy atom. The highest BCUT2D eigenvalue weighted by Crippen LogP contribution is 2.24. The van der Waals surface area contributed by atoms with Gasteiger partial charge in [-0.2, -0.15) is 0 Å². The molecule has 17 heavy (non-hydrogen) atoms. The van der Waals surface area contributed by atoms with E-state index in [1.165, 1.54) is 10.5 Å². The van der Waals surface area contributed by atoms with Crippen molar-refractivity contribution >= 4 is 11.8 Å². The topological polar surface area (TPSA) is 29.5 Å². The number of aliphatic hydroxyl groups excluding tert-OH is 1. The molecule has 3 heteroatoms. The molecule has 0 saturated carbocycles. The van der Waals surface area contributed by atoms with Gasteiger partial charge in [0, 0.05) is 23.2 Å². The molecule has 0 aromatic heterocycles. The molecule has 2 unspecified atom stereocenters. The summed E-state index contributed by atoms with van der Waals surface area (Å²) in [5.41, 5.74) is 1.27. The molecule has 0 bridgehead atoms. The Bertz CT molecular complexity index is 331. The molecule has 0 radical (unpaired) electrons. The lowest BCUT2D eigenvalue weighted by molar-refractivity contribution is -0.0000395. The maximum absolute atomic E-state index is 10.1. The first kappa shape index (κ1) is 12.9. The van der Waals surface area contributed by atoms with Gasteiger partial charge in [-0.3, -0.25) is 0 Å². The molecule has 1 heterocycles. The number of rotatable bonds is 4. The lowest BCUT2D eigenvalue weighted by atomic mass is 9.97. The lowest BCUT2D eigenvalue weighted by Crippen LogP contribution is -2.30. The van der Waals surface area contributed by atoms with Crippen LogP contribution in [0, 0.1) is 12.8 Å². The zero-order valence-corrected chi connectivity index (χ0v) is 11.1. The normalized spacial score (nSPS) is 22.4. The summed E-state index contributed by atoms with van der Waals surface area (Å²) in [4.78, 5) is 1.23. The standard InChI is InChI=1S/C14H20O2S/c1-11-4-6-13(7-5-11)17-10-14(15)12-3-2-8-16-9-12/h4-7,12,14-15H,2-3,8-10H2,1H3. The summed E-state index contributed by atoms with van der Waals surface area (Å²) in [6.07, 6.45) is 1.92. The number of aliphatic hydroxyl groups is 1. The minimum absolute atomic E-state index is 0.249. The van der Waals surface area contributed by atoms with Crippen molar-refractivity contribution in [1.82, 2.24) is 0 Å². The molecule has 1 N–H and O–H groups in total. The molecule has 94 valence electrons. The Labute approximate surface area is 107 Å². The molecule has 0 aliphatic carbocycles. The molecule has 1 aromatic rings. The molecule has 0 spiro atoms. The first-order valence-corrected chi connectivity index (χ1v) is 7.19. The quantitative estimate of drug-likeness (QED) is 0.836. The van der Waals surface area contributed by atoms with Crippen LogP contribution >= 0.6 is 11.8 Å². The maximum Gasteiger partial charge on any atom is 0.0684 e. The molecule has 0 amide bonds. The Hall–Kier alpha value is -0.510. The van der Waals surface area contributed by atoms with Crippen molar-refractivity contribution in [2.24, 2.45) is 5.92 Å². The summed E-state index contributed by atoms with van der Waals surface area (Å²) in [5.74, 6) is 1.08. The molecule has 1 fully saturated rings. The van der Waals surface area contributed by atoms with Crippen molar-refractivity contribution in [3.8, 4) is 0 Å². The molecular weight excluding hydrogens is 232 g/mol. The van der Waals surface area contributed by atoms with Gasteiger partial charge in [0.1, 0.15) is 0 Å². The Balaban J connectivity index is 1.78. The van der Waals surface area contributed by atoms with E-state index in [1.54, 1.807) is 11.8 Å². The van der Waals surface area contributed by atoms with E-state index in [-0.39, 0.29) is 6.10 Å². The lowest BCUT2D eigenvalue weighted by Gasteiger charge is -2.26. The molecule has 1 saturated heterocycles. The predicted octanol–water partition coefficient (Wildman–Crippen LogP) is 2.87. The molecule has 2 nitrogen and oxygen atoms in total. The van der Waals surface area contributed by atoms with Gasteiger partial charge in [-0.05, 0) is 31.9 Å². The van der Waals surface area contributed by atoms with Crippen LogP contribution in [0.2, 0.25) is 0 Å². The summed E-state index contributed by atoms with van der Waals surface area (Å²) in [6, 6.07) is 8.45. The van der Waals surface area contributed by atoms with Crippen molar-refractivity contribution in [3.63, 3.8) is 0 Å². The van der Waals surface area contributed by atoms with Gasteiger partial charge >= 0.3 is 0 Å². The van der Waals surface area contributed by atoms with E-state index in [0.29, 0.717) is 5.92 Å². The summed E-state index contributed by atoms with van der Waals surface area (Å²) in [6.45, 7) is 3.66. The van der Waals surface area contributed by atoms with Gasteiger partial charge in [-0.15, -0.1) is 11.8 Å². The third-order valence-corrected chi connectivity index (χ3v) is 4.30. The Morgan fingerprint density at radius 2 is 2.18 bits per heavy atom. The van der Waals surface area contributed by atoms with Gasteiger partial charge < -0.3 is 9.84 Å². The highest BCUT2D eigenvalue weighted by atomic mass is 32.2. The van der Waals surface area contributed by atoms with Crippen LogP contribution in [0.25, 0.3) is 0 Å². The van der Waals surface area contributed by atoms with Gasteiger partial charge in [0.05, 0.1) is 12.7 Å². The number of benzene rings is 1. The molecule has 2 rings (SSSR count). The highest BCUT2D eigenvalue weighted by Gasteiger charge is 2.22. The smallest absolute Gasteiger partial charge is 0.0684 e. The number of hydrogen-bond acceptors (Lipinski definition) is 3. The summed E-state index contributed by atoms with van der Waals surface area (Å²) >= 11 is 1.73. The summed E-state index contributed by atoms with van der Waals surface area (Å²) in [7, 11) is 0. The predicted molar refractivity (Wildman–Crippen MR) is 71.5 cm³/mol. The first-order chi connectivity index (χ1) is 8.25. The van der Waals surface area contributed by atoms with Crippen molar-refractivity contribution in [2.75, 3.05) is 19.0 Å². The molecule has 1 aliphatic heterocycles. The van der Waals surface area contributed by atoms with E-state index in [4.69, 9.17) is 4.74 Å². The maximum atomic E-state index is 10.1. The molecule has 1 aliphatic rings. The fourth-order valence-electron chi connectivity index (χ4n) is 2.02. The van der Waals surface area contributed by atoms with E-state index in [2.05, 4.69) is 31.2 Å². The van der Waals surface area contributed by atoms with Crippen LogP contribution in [0.3, 0.4) is 0 Å². The second kappa shape index (κ2) is 6.43. The van der Waals surface area contributed by atoms with Crippen LogP contribution in [-0.2, 0) is 4.74 Å². The van der Waals surface area contributed by atoms with E-state index >= 15 is 0 Å². The van der Waals surface area contributed by atoms with Crippen molar-refractivity contribution in [3.05, 3.63) is 29.8 Å². The van der Waals surface area contributed by atoms with Crippen LogP contribution in [0.4, 0.5) is 0 Å². The van der Waals surface area contributed by atoms with Crippen molar-refractivity contribution in [2.45, 2.75) is 30.8 Å². The Morgan fingerprint density at radius 3 is 2.82 bits per heavy atom. The van der Waals surface area contributed by atoms with Crippen LogP contribution in [0.5, 0.6) is 0 Å². The third kappa shape index (κ3) is 4.02. The van der Waals surface area contributed by atoms with E-state index < -0.39 is 0 Å². The molecular formula is C14H20O2S. The SMILES string of the molecule is Cc1ccc(SCC(O)C2CCCOC2)cc1. The average Bonchev–Trinajstić information content (AvgIpc) is 2.39. The number of ether oxygens (including phenoxy) is 1. The average molecular weight is 252 g/mol. The number of hydrogen-bond donors (Lipinski definition) is 1. The summed E-state index contributed by atoms with van der Waals surface area (Å²) in [5, 5.41) is 10.1. The van der Waals surface area contributed by atoms with Crippen LogP contribution < -0.4 is 0 Å². The van der Waals surface area contributed by atoms with E-state index in [1.807, 2.05) is 0 Å². The fraction of sp³-hybridized carbons (Fsp3) is 0.571. The van der Waals surface area contributed by atoms with Crippen molar-refractivity contribution < 1.29 is 9.84 Å². The van der Waals surface area contributed by atoms with Crippen LogP contribution in [-0.4, -0.2) is 30.2 Å². The van der Waals surface area contributed by atoms with E-state index in [0.717, 1.165) is 31.8 Å². The second-order valence-corrected chi connectivity index (χ2v) is 5.76. The first-order valence-electron chi connectivity index (χ1n) is 6.21. The summed E-state index contributed by atoms with van der Waals surface area (Å²) < 4.78 is 5.40. The monoisotopic (exact) mass is 252 g/mol. The number of thioether (sulfide) groups is 1. The van der Waals surface area contributed by atoms with Crippen molar-refractivity contribution in [1.29, 1.82) is 0 Å². The molecule has 1 aromatic carbocycles. The van der Waals surface area contributed by atoms with Gasteiger partial charge in [-0.1, -0.05) is 17.7 Å². The minimum Gasteiger partial charge on any atom is -0.392 e. The van der Waals surface area contributed by atoms with Crippen LogP contribution in [0.15, 0.2) is 29.2 Å². The Kier molecular flexibility index (Phi) is 4.89. The van der Waals surface area contributed by atoms with E-state index in [9.17, 15) is 5.11 Å². The van der Waals surface area contributed by atoms with Gasteiger partial charge in [0.25, 0.3) is 0 Å². The zero-order chi connectivity index (χ0) is 12.1. The highest BCUT2D eigenvalue weighted by molar-refractivity contribution is 7.99. The fourth-order valence-corrected chi connectivity index (χ4v) is 2.99. The van der Waals surface area contributed by atoms with Gasteiger partial charge in [0.15, 0.2) is 0 Å². The third-order valence-electron chi connectivity index (χ3n) is 3.18. The zero-order valence-electron chi connectivity index (χ0n) is 10.3. The van der Waals surface area contributed by atoms with Gasteiger partial charge in [-0.25, -0.2) is 0 Å². The number of aryl methyl sites for hydroxylation is 1. The van der Waals surface area contributed by atoms with Crippen LogP contribution in [0.1, 0.15) is 18.4 Å².